The van der Waals surface area contributed by atoms with Crippen LogP contribution in [0, 0.1) is 6.92 Å². The number of carbonyl (C=O) groups is 2. The number of thiophene rings is 1. The predicted octanol–water partition coefficient (Wildman–Crippen LogP) is 1.42. The van der Waals surface area contributed by atoms with Crippen molar-refractivity contribution in [3.05, 3.63) is 21.9 Å². The summed E-state index contributed by atoms with van der Waals surface area (Å²) in [6, 6.07) is 1.89. The minimum Gasteiger partial charge on any atom is -0.479 e. The van der Waals surface area contributed by atoms with Crippen molar-refractivity contribution in [2.45, 2.75) is 32.0 Å². The molecule has 2 N–H and O–H groups in total. The SMILES string of the molecule is Cc1ccsc1C(=O)NCC1CCC(C(=O)O)O1. The number of nitrogens with one attached hydrogen (secondary N) is 1. The number of carboxylic acid groups (broad SMARTS) is 1. The number of carboxylic acids is 1. The van der Waals surface area contributed by atoms with E-state index < -0.39 is 12.1 Å². The molecule has 2 rings (SSSR count). The summed E-state index contributed by atoms with van der Waals surface area (Å²) < 4.78 is 5.31. The molecule has 1 fully saturated rings. The van der Waals surface area contributed by atoms with Crippen molar-refractivity contribution in [3.63, 3.8) is 0 Å². The normalized spacial score (nSPS) is 22.9. The minimum absolute atomic E-state index is 0.120. The summed E-state index contributed by atoms with van der Waals surface area (Å²) >= 11 is 1.40. The Kier molecular flexibility index (Phi) is 3.98. The molecule has 18 heavy (non-hydrogen) atoms. The number of hydrogen-bond acceptors (Lipinski definition) is 4. The maximum Gasteiger partial charge on any atom is 0.332 e. The fraction of sp³-hybridized carbons (Fsp3) is 0.500. The number of rotatable bonds is 4. The molecule has 1 aliphatic heterocycles. The molecule has 1 saturated heterocycles. The fourth-order valence-electron chi connectivity index (χ4n) is 1.93. The number of ether oxygens (including phenoxy) is 1. The lowest BCUT2D eigenvalue weighted by Crippen LogP contribution is -2.33. The Labute approximate surface area is 109 Å². The monoisotopic (exact) mass is 269 g/mol. The Morgan fingerprint density at radius 1 is 1.56 bits per heavy atom. The van der Waals surface area contributed by atoms with Gasteiger partial charge in [0, 0.05) is 6.54 Å². The van der Waals surface area contributed by atoms with Gasteiger partial charge in [-0.2, -0.15) is 0 Å². The van der Waals surface area contributed by atoms with Gasteiger partial charge in [-0.25, -0.2) is 4.79 Å². The van der Waals surface area contributed by atoms with Gasteiger partial charge in [0.25, 0.3) is 5.91 Å². The van der Waals surface area contributed by atoms with Crippen LogP contribution in [0.25, 0.3) is 0 Å². The Morgan fingerprint density at radius 3 is 2.89 bits per heavy atom. The molecule has 0 aromatic carbocycles. The van der Waals surface area contributed by atoms with Gasteiger partial charge in [0.15, 0.2) is 6.10 Å². The van der Waals surface area contributed by atoms with Crippen LogP contribution in [0.1, 0.15) is 28.1 Å². The lowest BCUT2D eigenvalue weighted by Gasteiger charge is -2.12. The molecule has 1 aromatic rings. The van der Waals surface area contributed by atoms with E-state index in [1.165, 1.54) is 11.3 Å². The molecule has 0 aliphatic carbocycles. The maximum absolute atomic E-state index is 11.8. The van der Waals surface area contributed by atoms with Crippen molar-refractivity contribution in [2.75, 3.05) is 6.54 Å². The Bertz CT molecular complexity index is 457. The van der Waals surface area contributed by atoms with Crippen LogP contribution in [-0.2, 0) is 9.53 Å². The third-order valence-corrected chi connectivity index (χ3v) is 3.96. The predicted molar refractivity (Wildman–Crippen MR) is 66.9 cm³/mol. The highest BCUT2D eigenvalue weighted by Crippen LogP contribution is 2.20. The second-order valence-electron chi connectivity index (χ2n) is 4.31. The molecule has 0 spiro atoms. The number of aliphatic carboxylic acids is 1. The molecule has 0 bridgehead atoms. The molecule has 2 atom stereocenters. The molecule has 1 amide bonds. The highest BCUT2D eigenvalue weighted by Gasteiger charge is 2.30. The number of amides is 1. The van der Waals surface area contributed by atoms with Crippen LogP contribution in [0.5, 0.6) is 0 Å². The van der Waals surface area contributed by atoms with Crippen molar-refractivity contribution in [2.24, 2.45) is 0 Å². The van der Waals surface area contributed by atoms with Gasteiger partial charge in [0.05, 0.1) is 11.0 Å². The molecule has 1 aliphatic rings. The topological polar surface area (TPSA) is 75.6 Å². The summed E-state index contributed by atoms with van der Waals surface area (Å²) in [6.45, 7) is 2.25. The summed E-state index contributed by atoms with van der Waals surface area (Å²) in [7, 11) is 0. The zero-order valence-corrected chi connectivity index (χ0v) is 10.8. The summed E-state index contributed by atoms with van der Waals surface area (Å²) in [5, 5.41) is 13.4. The molecule has 5 nitrogen and oxygen atoms in total. The van der Waals surface area contributed by atoms with Crippen LogP contribution < -0.4 is 5.32 Å². The Morgan fingerprint density at radius 2 is 2.33 bits per heavy atom. The molecular weight excluding hydrogens is 254 g/mol. The number of carbonyl (C=O) groups excluding carboxylic acids is 1. The third kappa shape index (κ3) is 2.88. The molecular formula is C12H15NO4S. The maximum atomic E-state index is 11.8. The van der Waals surface area contributed by atoms with E-state index in [2.05, 4.69) is 5.32 Å². The highest BCUT2D eigenvalue weighted by atomic mass is 32.1. The second-order valence-corrected chi connectivity index (χ2v) is 5.22. The highest BCUT2D eigenvalue weighted by molar-refractivity contribution is 7.12. The largest absolute Gasteiger partial charge is 0.479 e. The van der Waals surface area contributed by atoms with Crippen molar-refractivity contribution >= 4 is 23.2 Å². The number of aryl methyl sites for hydroxylation is 1. The van der Waals surface area contributed by atoms with Gasteiger partial charge in [0.2, 0.25) is 0 Å². The average Bonchev–Trinajstić information content (AvgIpc) is 2.94. The summed E-state index contributed by atoms with van der Waals surface area (Å²) in [5.74, 6) is -1.05. The van der Waals surface area contributed by atoms with Crippen LogP contribution in [0.4, 0.5) is 0 Å². The first-order valence-corrected chi connectivity index (χ1v) is 6.66. The number of hydrogen-bond donors (Lipinski definition) is 2. The van der Waals surface area contributed by atoms with Gasteiger partial charge in [-0.1, -0.05) is 0 Å². The van der Waals surface area contributed by atoms with Gasteiger partial charge in [-0.3, -0.25) is 4.79 Å². The summed E-state index contributed by atoms with van der Waals surface area (Å²) in [5.41, 5.74) is 0.952. The van der Waals surface area contributed by atoms with Crippen molar-refractivity contribution in [1.29, 1.82) is 0 Å². The molecule has 98 valence electrons. The van der Waals surface area contributed by atoms with E-state index in [4.69, 9.17) is 9.84 Å². The molecule has 0 radical (unpaired) electrons. The van der Waals surface area contributed by atoms with E-state index in [9.17, 15) is 9.59 Å². The van der Waals surface area contributed by atoms with Crippen molar-refractivity contribution < 1.29 is 19.4 Å². The quantitative estimate of drug-likeness (QED) is 0.866. The summed E-state index contributed by atoms with van der Waals surface area (Å²) in [4.78, 5) is 23.2. The lowest BCUT2D eigenvalue weighted by atomic mass is 10.2. The van der Waals surface area contributed by atoms with Crippen LogP contribution in [0.3, 0.4) is 0 Å². The van der Waals surface area contributed by atoms with Crippen molar-refractivity contribution in [3.8, 4) is 0 Å². The van der Waals surface area contributed by atoms with E-state index in [0.717, 1.165) is 5.56 Å². The van der Waals surface area contributed by atoms with Crippen LogP contribution in [0.15, 0.2) is 11.4 Å². The van der Waals surface area contributed by atoms with Gasteiger partial charge >= 0.3 is 5.97 Å². The molecule has 0 saturated carbocycles. The third-order valence-electron chi connectivity index (χ3n) is 2.94. The first kappa shape index (κ1) is 13.0. The van der Waals surface area contributed by atoms with Gasteiger partial charge < -0.3 is 15.2 Å². The lowest BCUT2D eigenvalue weighted by molar-refractivity contribution is -0.149. The minimum atomic E-state index is -0.932. The zero-order chi connectivity index (χ0) is 13.1. The Hall–Kier alpha value is -1.40. The van der Waals surface area contributed by atoms with Crippen molar-refractivity contribution in [1.82, 2.24) is 5.32 Å². The fourth-order valence-corrected chi connectivity index (χ4v) is 2.77. The first-order chi connectivity index (χ1) is 8.58. The van der Waals surface area contributed by atoms with E-state index in [-0.39, 0.29) is 12.0 Å². The second kappa shape index (κ2) is 5.49. The summed E-state index contributed by atoms with van der Waals surface area (Å²) in [6.07, 6.45) is 0.250. The van der Waals surface area contributed by atoms with E-state index >= 15 is 0 Å². The molecule has 1 aromatic heterocycles. The smallest absolute Gasteiger partial charge is 0.332 e. The van der Waals surface area contributed by atoms with E-state index in [1.807, 2.05) is 18.4 Å². The van der Waals surface area contributed by atoms with Crippen LogP contribution >= 0.6 is 11.3 Å². The standard InChI is InChI=1S/C12H15NO4S/c1-7-4-5-18-10(7)11(14)13-6-8-2-3-9(17-8)12(15)16/h4-5,8-9H,2-3,6H2,1H3,(H,13,14)(H,15,16). The Balaban J connectivity index is 1.81. The average molecular weight is 269 g/mol. The van der Waals surface area contributed by atoms with Crippen LogP contribution in [0.2, 0.25) is 0 Å². The van der Waals surface area contributed by atoms with Gasteiger partial charge in [0.1, 0.15) is 0 Å². The van der Waals surface area contributed by atoms with E-state index in [0.29, 0.717) is 24.3 Å². The molecule has 2 heterocycles. The van der Waals surface area contributed by atoms with E-state index in [1.54, 1.807) is 0 Å². The van der Waals surface area contributed by atoms with Gasteiger partial charge in [-0.05, 0) is 36.8 Å². The molecule has 2 unspecified atom stereocenters. The van der Waals surface area contributed by atoms with Crippen LogP contribution in [-0.4, -0.2) is 35.7 Å². The first-order valence-electron chi connectivity index (χ1n) is 5.78. The van der Waals surface area contributed by atoms with Gasteiger partial charge in [-0.15, -0.1) is 11.3 Å². The zero-order valence-electron chi connectivity index (χ0n) is 10.0. The molecule has 6 heteroatoms.